The molecule has 0 saturated carbocycles. The summed E-state index contributed by atoms with van der Waals surface area (Å²) in [5, 5.41) is 16.3. The highest BCUT2D eigenvalue weighted by molar-refractivity contribution is 6.31. The Kier molecular flexibility index (Phi) is 10.5. The maximum Gasteiger partial charge on any atom is 0.417 e. The van der Waals surface area contributed by atoms with Crippen molar-refractivity contribution in [2.24, 2.45) is 5.73 Å². The van der Waals surface area contributed by atoms with Gasteiger partial charge < -0.3 is 20.6 Å². The first-order valence-electron chi connectivity index (χ1n) is 11.2. The molecule has 3 N–H and O–H groups in total. The molecule has 0 radical (unpaired) electrons. The summed E-state index contributed by atoms with van der Waals surface area (Å²) in [7, 11) is 0. The smallest absolute Gasteiger partial charge is 0.417 e. The molecule has 36 heavy (non-hydrogen) atoms. The van der Waals surface area contributed by atoms with Crippen LogP contribution in [0.4, 0.5) is 19.0 Å². The monoisotopic (exact) mass is 529 g/mol. The summed E-state index contributed by atoms with van der Waals surface area (Å²) >= 11 is 5.78. The third-order valence-electron chi connectivity index (χ3n) is 5.30. The second-order valence-corrected chi connectivity index (χ2v) is 8.41. The molecular weight excluding hydrogens is 503 g/mol. The number of hydrogen-bond donors (Lipinski definition) is 2. The van der Waals surface area contributed by atoms with Crippen LogP contribution in [-0.4, -0.2) is 64.2 Å². The van der Waals surface area contributed by atoms with Gasteiger partial charge in [-0.15, -0.1) is 10.2 Å². The van der Waals surface area contributed by atoms with Crippen molar-refractivity contribution in [3.63, 3.8) is 0 Å². The van der Waals surface area contributed by atoms with Crippen LogP contribution in [-0.2, 0) is 11.0 Å². The third-order valence-corrected chi connectivity index (χ3v) is 5.54. The summed E-state index contributed by atoms with van der Waals surface area (Å²) < 4.78 is 39.6. The van der Waals surface area contributed by atoms with E-state index in [0.717, 1.165) is 37.5 Å². The number of aromatic nitrogens is 2. The Hall–Kier alpha value is -3.41. The van der Waals surface area contributed by atoms with Crippen LogP contribution in [0.25, 0.3) is 0 Å². The molecule has 0 spiro atoms. The summed E-state index contributed by atoms with van der Waals surface area (Å²) in [6.45, 7) is 3.07. The number of amides is 2. The van der Waals surface area contributed by atoms with Crippen LogP contribution in [0.2, 0.25) is 5.02 Å². The summed E-state index contributed by atoms with van der Waals surface area (Å²) in [5.74, 6) is -1.70. The fourth-order valence-electron chi connectivity index (χ4n) is 3.41. The standard InChI is InChI=1S/C17H14ClF3N4O3.C6H13NO/c18-10-1-2-12(17(19,20)21)11(9-10)15(26)25-7-5-24(6-8-25)14-4-3-13(16(27)28)22-23-14;1-2-3-4-5-6(7)8/h1-4,9H,5-8H2,(H,27,28);2-5H2,1H3,(H2,7,8). The molecule has 0 atom stereocenters. The second kappa shape index (κ2) is 13.1. The summed E-state index contributed by atoms with van der Waals surface area (Å²) in [6.07, 6.45) is -0.908. The van der Waals surface area contributed by atoms with Gasteiger partial charge >= 0.3 is 12.1 Å². The molecule has 2 heterocycles. The van der Waals surface area contributed by atoms with Gasteiger partial charge in [-0.05, 0) is 36.8 Å². The lowest BCUT2D eigenvalue weighted by Crippen LogP contribution is -2.49. The number of unbranched alkanes of at least 4 members (excludes halogenated alkanes) is 2. The molecule has 1 aliphatic heterocycles. The number of nitrogens with two attached hydrogens (primary N) is 1. The lowest BCUT2D eigenvalue weighted by atomic mass is 10.1. The average Bonchev–Trinajstić information content (AvgIpc) is 2.83. The van der Waals surface area contributed by atoms with Crippen molar-refractivity contribution in [1.82, 2.24) is 15.1 Å². The van der Waals surface area contributed by atoms with Crippen LogP contribution >= 0.6 is 11.6 Å². The van der Waals surface area contributed by atoms with Gasteiger partial charge in [0.2, 0.25) is 5.91 Å². The second-order valence-electron chi connectivity index (χ2n) is 7.97. The van der Waals surface area contributed by atoms with E-state index >= 15 is 0 Å². The number of alkyl halides is 3. The van der Waals surface area contributed by atoms with Crippen molar-refractivity contribution >= 4 is 35.2 Å². The van der Waals surface area contributed by atoms with Crippen LogP contribution in [0.3, 0.4) is 0 Å². The van der Waals surface area contributed by atoms with E-state index in [2.05, 4.69) is 17.1 Å². The normalized spacial score (nSPS) is 13.6. The lowest BCUT2D eigenvalue weighted by molar-refractivity contribution is -0.138. The molecule has 1 fully saturated rings. The van der Waals surface area contributed by atoms with E-state index in [4.69, 9.17) is 22.4 Å². The van der Waals surface area contributed by atoms with E-state index in [0.29, 0.717) is 25.3 Å². The topological polar surface area (TPSA) is 130 Å². The van der Waals surface area contributed by atoms with Gasteiger partial charge in [0.25, 0.3) is 5.91 Å². The minimum absolute atomic E-state index is 0.0452. The van der Waals surface area contributed by atoms with Crippen molar-refractivity contribution in [1.29, 1.82) is 0 Å². The van der Waals surface area contributed by atoms with Gasteiger partial charge in [0.05, 0.1) is 11.1 Å². The highest BCUT2D eigenvalue weighted by atomic mass is 35.5. The van der Waals surface area contributed by atoms with E-state index in [1.165, 1.54) is 17.0 Å². The fourth-order valence-corrected chi connectivity index (χ4v) is 3.58. The molecule has 2 amide bonds. The maximum atomic E-state index is 13.2. The zero-order valence-electron chi connectivity index (χ0n) is 19.6. The lowest BCUT2D eigenvalue weighted by Gasteiger charge is -2.35. The Morgan fingerprint density at radius 2 is 1.72 bits per heavy atom. The molecule has 1 saturated heterocycles. The minimum Gasteiger partial charge on any atom is -0.476 e. The Balaban J connectivity index is 0.000000493. The summed E-state index contributed by atoms with van der Waals surface area (Å²) in [4.78, 5) is 36.6. The number of carboxylic acid groups (broad SMARTS) is 1. The molecule has 0 bridgehead atoms. The van der Waals surface area contributed by atoms with Crippen LogP contribution in [0, 0.1) is 0 Å². The predicted molar refractivity (Wildman–Crippen MR) is 127 cm³/mol. The van der Waals surface area contributed by atoms with Crippen molar-refractivity contribution in [3.05, 3.63) is 52.2 Å². The van der Waals surface area contributed by atoms with Crippen molar-refractivity contribution in [2.45, 2.75) is 38.8 Å². The van der Waals surface area contributed by atoms with Crippen molar-refractivity contribution in [2.75, 3.05) is 31.1 Å². The molecule has 13 heteroatoms. The van der Waals surface area contributed by atoms with Crippen LogP contribution in [0.1, 0.15) is 59.0 Å². The van der Waals surface area contributed by atoms with E-state index in [-0.39, 0.29) is 29.7 Å². The Morgan fingerprint density at radius 1 is 1.06 bits per heavy atom. The first-order chi connectivity index (χ1) is 16.9. The molecule has 1 aromatic carbocycles. The number of rotatable bonds is 7. The molecule has 3 rings (SSSR count). The number of piperazine rings is 1. The SMILES string of the molecule is CCCCCC(N)=O.O=C(O)c1ccc(N2CCN(C(=O)c3cc(Cl)ccc3C(F)(F)F)CC2)nn1. The number of nitrogens with zero attached hydrogens (tertiary/aromatic N) is 4. The molecular formula is C23H27ClF3N5O4. The van der Waals surface area contributed by atoms with Gasteiger partial charge in [-0.3, -0.25) is 9.59 Å². The molecule has 0 unspecified atom stereocenters. The van der Waals surface area contributed by atoms with E-state index in [1.807, 2.05) is 0 Å². The largest absolute Gasteiger partial charge is 0.476 e. The fraction of sp³-hybridized carbons (Fsp3) is 0.435. The molecule has 196 valence electrons. The number of primary amides is 1. The van der Waals surface area contributed by atoms with Gasteiger partial charge in [-0.1, -0.05) is 31.4 Å². The summed E-state index contributed by atoms with van der Waals surface area (Å²) in [6, 6.07) is 5.72. The predicted octanol–water partition coefficient (Wildman–Crippen LogP) is 3.86. The highest BCUT2D eigenvalue weighted by Gasteiger charge is 2.37. The van der Waals surface area contributed by atoms with E-state index < -0.39 is 29.2 Å². The third kappa shape index (κ3) is 8.36. The highest BCUT2D eigenvalue weighted by Crippen LogP contribution is 2.34. The zero-order chi connectivity index (χ0) is 26.9. The number of hydrogen-bond acceptors (Lipinski definition) is 6. The number of carbonyl (C=O) groups is 3. The first kappa shape index (κ1) is 28.8. The number of benzene rings is 1. The number of anilines is 1. The number of halogens is 4. The van der Waals surface area contributed by atoms with Crippen LogP contribution in [0.15, 0.2) is 30.3 Å². The number of carbonyl (C=O) groups excluding carboxylic acids is 2. The zero-order valence-corrected chi connectivity index (χ0v) is 20.3. The van der Waals surface area contributed by atoms with Gasteiger partial charge in [0, 0.05) is 37.6 Å². The van der Waals surface area contributed by atoms with Crippen LogP contribution in [0.5, 0.6) is 0 Å². The van der Waals surface area contributed by atoms with E-state index in [9.17, 15) is 27.6 Å². The van der Waals surface area contributed by atoms with Gasteiger partial charge in [0.15, 0.2) is 11.5 Å². The van der Waals surface area contributed by atoms with Gasteiger partial charge in [0.1, 0.15) is 0 Å². The van der Waals surface area contributed by atoms with E-state index in [1.54, 1.807) is 4.90 Å². The summed E-state index contributed by atoms with van der Waals surface area (Å²) in [5.41, 5.74) is 3.18. The Morgan fingerprint density at radius 3 is 2.22 bits per heavy atom. The first-order valence-corrected chi connectivity index (χ1v) is 11.6. The van der Waals surface area contributed by atoms with Crippen molar-refractivity contribution < 1.29 is 32.7 Å². The van der Waals surface area contributed by atoms with Gasteiger partial charge in [-0.2, -0.15) is 13.2 Å². The maximum absolute atomic E-state index is 13.2. The molecule has 2 aromatic rings. The van der Waals surface area contributed by atoms with Crippen LogP contribution < -0.4 is 10.6 Å². The quantitative estimate of drug-likeness (QED) is 0.521. The van der Waals surface area contributed by atoms with Gasteiger partial charge in [-0.25, -0.2) is 4.79 Å². The molecule has 9 nitrogen and oxygen atoms in total. The molecule has 1 aliphatic rings. The Labute approximate surface area is 211 Å². The van der Waals surface area contributed by atoms with Crippen molar-refractivity contribution in [3.8, 4) is 0 Å². The number of aromatic carboxylic acids is 1. The molecule has 0 aliphatic carbocycles. The Bertz CT molecular complexity index is 1060. The average molecular weight is 530 g/mol. The number of carboxylic acids is 1. The minimum atomic E-state index is -4.67. The molecule has 1 aromatic heterocycles.